The molecule has 2 rings (SSSR count). The third kappa shape index (κ3) is 6.17. The zero-order valence-electron chi connectivity index (χ0n) is 16.9. The zero-order chi connectivity index (χ0) is 24.1. The Morgan fingerprint density at radius 2 is 1.84 bits per heavy atom. The fourth-order valence-corrected chi connectivity index (χ4v) is 4.28. The molecule has 1 aromatic heterocycles. The molecule has 0 spiro atoms. The van der Waals surface area contributed by atoms with Crippen LogP contribution in [-0.2, 0) is 25.7 Å². The number of carbonyl (C=O) groups is 2. The zero-order valence-corrected chi connectivity index (χ0v) is 18.5. The highest BCUT2D eigenvalue weighted by molar-refractivity contribution is 7.89. The van der Waals surface area contributed by atoms with Gasteiger partial charge < -0.3 is 10.1 Å². The number of halogens is 4. The second-order valence-corrected chi connectivity index (χ2v) is 8.64. The molecule has 0 aliphatic rings. The Balaban J connectivity index is 2.05. The predicted molar refractivity (Wildman–Crippen MR) is 110 cm³/mol. The molecule has 1 heterocycles. The highest BCUT2D eigenvalue weighted by Gasteiger charge is 2.31. The molecule has 0 atom stereocenters. The molecule has 174 valence electrons. The Morgan fingerprint density at radius 3 is 2.41 bits per heavy atom. The highest BCUT2D eigenvalue weighted by atomic mass is 35.5. The minimum Gasteiger partial charge on any atom is -0.452 e. The van der Waals surface area contributed by atoms with E-state index in [1.54, 1.807) is 13.8 Å². The lowest BCUT2D eigenvalue weighted by Crippen LogP contribution is -2.30. The van der Waals surface area contributed by atoms with Crippen LogP contribution in [0, 0.1) is 0 Å². The van der Waals surface area contributed by atoms with Gasteiger partial charge in [0.1, 0.15) is 0 Å². The third-order valence-electron chi connectivity index (χ3n) is 4.17. The van der Waals surface area contributed by atoms with Crippen LogP contribution in [0.5, 0.6) is 0 Å². The molecular weight excluding hydrogens is 475 g/mol. The van der Waals surface area contributed by atoms with Gasteiger partial charge in [-0.05, 0) is 24.3 Å². The molecule has 1 aromatic carbocycles. The van der Waals surface area contributed by atoms with Crippen molar-refractivity contribution in [3.8, 4) is 0 Å². The maximum Gasteiger partial charge on any atom is 0.417 e. The van der Waals surface area contributed by atoms with Crippen molar-refractivity contribution in [2.24, 2.45) is 0 Å². The number of rotatable bonds is 8. The first-order valence-electron chi connectivity index (χ1n) is 9.20. The average Bonchev–Trinajstić information content (AvgIpc) is 2.73. The minimum absolute atomic E-state index is 0.100. The Bertz CT molecular complexity index is 1110. The van der Waals surface area contributed by atoms with E-state index < -0.39 is 45.3 Å². The van der Waals surface area contributed by atoms with E-state index >= 15 is 0 Å². The lowest BCUT2D eigenvalue weighted by molar-refractivity contribution is -0.137. The summed E-state index contributed by atoms with van der Waals surface area (Å²) in [6.45, 7) is 3.04. The fourth-order valence-electron chi connectivity index (χ4n) is 2.56. The Kier molecular flexibility index (Phi) is 8.21. The van der Waals surface area contributed by atoms with Crippen LogP contribution in [0.25, 0.3) is 0 Å². The number of sulfonamides is 1. The second kappa shape index (κ2) is 10.3. The molecule has 0 bridgehead atoms. The SMILES string of the molecule is CCN(CC)S(=O)(=O)c1cccc(C(=O)OCC(=O)Nc2ncc(C(F)(F)F)cc2Cl)c1. The Hall–Kier alpha value is -2.70. The van der Waals surface area contributed by atoms with Crippen LogP contribution in [-0.4, -0.2) is 49.3 Å². The van der Waals surface area contributed by atoms with Crippen LogP contribution in [0.3, 0.4) is 0 Å². The van der Waals surface area contributed by atoms with Crippen molar-refractivity contribution in [1.82, 2.24) is 9.29 Å². The van der Waals surface area contributed by atoms with Crippen LogP contribution in [0.4, 0.5) is 19.0 Å². The van der Waals surface area contributed by atoms with Gasteiger partial charge in [-0.2, -0.15) is 17.5 Å². The van der Waals surface area contributed by atoms with Crippen molar-refractivity contribution in [3.05, 3.63) is 52.7 Å². The summed E-state index contributed by atoms with van der Waals surface area (Å²) >= 11 is 5.70. The number of esters is 1. The van der Waals surface area contributed by atoms with Crippen molar-refractivity contribution < 1.29 is 35.9 Å². The van der Waals surface area contributed by atoms with Crippen LogP contribution in [0.1, 0.15) is 29.8 Å². The summed E-state index contributed by atoms with van der Waals surface area (Å²) in [6.07, 6.45) is -4.16. The molecule has 1 amide bonds. The number of ether oxygens (including phenoxy) is 1. The first-order valence-corrected chi connectivity index (χ1v) is 11.0. The molecule has 0 fully saturated rings. The summed E-state index contributed by atoms with van der Waals surface area (Å²) in [7, 11) is -3.80. The number of hydrogen-bond donors (Lipinski definition) is 1. The van der Waals surface area contributed by atoms with Crippen molar-refractivity contribution >= 4 is 39.3 Å². The number of anilines is 1. The van der Waals surface area contributed by atoms with Gasteiger partial charge in [0.25, 0.3) is 5.91 Å². The number of nitrogens with one attached hydrogen (secondary N) is 1. The summed E-state index contributed by atoms with van der Waals surface area (Å²) in [5.41, 5.74) is -1.19. The second-order valence-electron chi connectivity index (χ2n) is 6.29. The van der Waals surface area contributed by atoms with Crippen LogP contribution >= 0.6 is 11.6 Å². The van der Waals surface area contributed by atoms with Crippen molar-refractivity contribution in [2.45, 2.75) is 24.9 Å². The van der Waals surface area contributed by atoms with Crippen LogP contribution in [0.2, 0.25) is 5.02 Å². The van der Waals surface area contributed by atoms with E-state index in [1.165, 1.54) is 22.5 Å². The molecule has 0 aliphatic carbocycles. The number of amides is 1. The standard InChI is InChI=1S/C19H19ClF3N3O5S/c1-3-26(4-2)32(29,30)14-7-5-6-12(8-14)18(28)31-11-16(27)25-17-15(20)9-13(10-24-17)19(21,22)23/h5-10H,3-4,11H2,1-2H3,(H,24,25,27). The lowest BCUT2D eigenvalue weighted by atomic mass is 10.2. The largest absolute Gasteiger partial charge is 0.452 e. The number of pyridine rings is 1. The van der Waals surface area contributed by atoms with E-state index in [2.05, 4.69) is 10.3 Å². The fraction of sp³-hybridized carbons (Fsp3) is 0.316. The first kappa shape index (κ1) is 25.6. The van der Waals surface area contributed by atoms with Gasteiger partial charge in [-0.15, -0.1) is 0 Å². The number of benzene rings is 1. The van der Waals surface area contributed by atoms with Gasteiger partial charge in [-0.3, -0.25) is 4.79 Å². The molecule has 1 N–H and O–H groups in total. The predicted octanol–water partition coefficient (Wildman–Crippen LogP) is 3.58. The molecule has 8 nitrogen and oxygen atoms in total. The maximum atomic E-state index is 12.6. The molecule has 32 heavy (non-hydrogen) atoms. The van der Waals surface area contributed by atoms with E-state index in [0.717, 1.165) is 6.07 Å². The smallest absolute Gasteiger partial charge is 0.417 e. The molecule has 0 radical (unpaired) electrons. The van der Waals surface area contributed by atoms with Gasteiger partial charge in [-0.25, -0.2) is 18.2 Å². The maximum absolute atomic E-state index is 12.6. The first-order chi connectivity index (χ1) is 14.9. The Labute approximate surface area is 187 Å². The topological polar surface area (TPSA) is 106 Å². The molecule has 2 aromatic rings. The molecule has 13 heteroatoms. The van der Waals surface area contributed by atoms with Gasteiger partial charge in [0, 0.05) is 19.3 Å². The molecule has 0 unspecified atom stereocenters. The summed E-state index contributed by atoms with van der Waals surface area (Å²) < 4.78 is 69.1. The van der Waals surface area contributed by atoms with Crippen molar-refractivity contribution in [2.75, 3.05) is 25.0 Å². The number of alkyl halides is 3. The van der Waals surface area contributed by atoms with Gasteiger partial charge in [0.15, 0.2) is 12.4 Å². The normalized spacial score (nSPS) is 12.0. The van der Waals surface area contributed by atoms with E-state index in [0.29, 0.717) is 12.3 Å². The molecule has 0 saturated heterocycles. The van der Waals surface area contributed by atoms with Crippen molar-refractivity contribution in [3.63, 3.8) is 0 Å². The van der Waals surface area contributed by atoms with E-state index in [9.17, 15) is 31.2 Å². The highest BCUT2D eigenvalue weighted by Crippen LogP contribution is 2.32. The molecule has 0 aliphatic heterocycles. The van der Waals surface area contributed by atoms with E-state index in [1.807, 2.05) is 0 Å². The summed E-state index contributed by atoms with van der Waals surface area (Å²) in [4.78, 5) is 27.5. The lowest BCUT2D eigenvalue weighted by Gasteiger charge is -2.18. The van der Waals surface area contributed by atoms with Crippen molar-refractivity contribution in [1.29, 1.82) is 0 Å². The van der Waals surface area contributed by atoms with E-state index in [-0.39, 0.29) is 29.4 Å². The minimum atomic E-state index is -4.65. The average molecular weight is 494 g/mol. The van der Waals surface area contributed by atoms with Gasteiger partial charge in [0.2, 0.25) is 10.0 Å². The van der Waals surface area contributed by atoms with Crippen LogP contribution in [0.15, 0.2) is 41.4 Å². The summed E-state index contributed by atoms with van der Waals surface area (Å²) in [5.74, 6) is -2.21. The molecule has 0 saturated carbocycles. The van der Waals surface area contributed by atoms with Gasteiger partial charge in [-0.1, -0.05) is 31.5 Å². The summed E-state index contributed by atoms with van der Waals surface area (Å²) in [5, 5.41) is 1.68. The van der Waals surface area contributed by atoms with Gasteiger partial charge >= 0.3 is 12.1 Å². The number of aromatic nitrogens is 1. The number of carbonyl (C=O) groups excluding carboxylic acids is 2. The van der Waals surface area contributed by atoms with E-state index in [4.69, 9.17) is 16.3 Å². The third-order valence-corrected chi connectivity index (χ3v) is 6.51. The number of nitrogens with zero attached hydrogens (tertiary/aromatic N) is 2. The number of hydrogen-bond acceptors (Lipinski definition) is 6. The monoisotopic (exact) mass is 493 g/mol. The quantitative estimate of drug-likeness (QED) is 0.563. The molecular formula is C19H19ClF3N3O5S. The van der Waals surface area contributed by atoms with Crippen LogP contribution < -0.4 is 5.32 Å². The van der Waals surface area contributed by atoms with Gasteiger partial charge in [0.05, 0.1) is 21.0 Å². The Morgan fingerprint density at radius 1 is 1.19 bits per heavy atom. The summed E-state index contributed by atoms with van der Waals surface area (Å²) in [6, 6.07) is 5.73.